The van der Waals surface area contributed by atoms with Crippen LogP contribution >= 0.6 is 0 Å². The van der Waals surface area contributed by atoms with Gasteiger partial charge in [0.25, 0.3) is 0 Å². The molecule has 0 aliphatic rings. The lowest BCUT2D eigenvalue weighted by atomic mass is 10.4. The molecule has 1 rings (SSSR count). The minimum Gasteiger partial charge on any atom is -0.363 e. The highest BCUT2D eigenvalue weighted by Crippen LogP contribution is 2.11. The lowest BCUT2D eigenvalue weighted by molar-refractivity contribution is -0.118. The van der Waals surface area contributed by atoms with Gasteiger partial charge in [0.05, 0.1) is 0 Å². The van der Waals surface area contributed by atoms with Crippen LogP contribution in [0.25, 0.3) is 0 Å². The Morgan fingerprint density at radius 1 is 1.35 bits per heavy atom. The number of hydrogen-bond acceptors (Lipinski definition) is 5. The highest BCUT2D eigenvalue weighted by molar-refractivity contribution is 5.72. The van der Waals surface area contributed by atoms with Crippen LogP contribution in [0, 0.1) is 6.92 Å². The molecule has 6 heteroatoms. The molecule has 0 atom stereocenters. The Bertz CT molecular complexity index is 391. The summed E-state index contributed by atoms with van der Waals surface area (Å²) in [5.41, 5.74) is 0.908. The molecule has 0 radical (unpaired) electrons. The molecule has 0 fully saturated rings. The van der Waals surface area contributed by atoms with E-state index in [1.165, 1.54) is 6.92 Å². The predicted octanol–water partition coefficient (Wildman–Crippen LogP) is 0.399. The van der Waals surface area contributed by atoms with Crippen molar-refractivity contribution in [2.75, 3.05) is 37.4 Å². The van der Waals surface area contributed by atoms with Crippen molar-refractivity contribution in [3.8, 4) is 0 Å². The summed E-state index contributed by atoms with van der Waals surface area (Å²) >= 11 is 0. The first-order valence-electron chi connectivity index (χ1n) is 5.50. The molecule has 1 aromatic heterocycles. The summed E-state index contributed by atoms with van der Waals surface area (Å²) in [6.07, 6.45) is 0. The van der Waals surface area contributed by atoms with Gasteiger partial charge in [0, 0.05) is 45.9 Å². The van der Waals surface area contributed by atoms with Crippen molar-refractivity contribution in [3.63, 3.8) is 0 Å². The number of amides is 1. The minimum absolute atomic E-state index is 0.0362. The van der Waals surface area contributed by atoms with E-state index in [-0.39, 0.29) is 5.91 Å². The standard InChI is InChI=1S/C11H19N5O/c1-8-7-10(16(3)4)15-11(14-8)13-6-5-12-9(2)17/h7H,5-6H2,1-4H3,(H,12,17)(H,13,14,15). The summed E-state index contributed by atoms with van der Waals surface area (Å²) in [5, 5.41) is 5.77. The molecule has 0 saturated carbocycles. The van der Waals surface area contributed by atoms with E-state index < -0.39 is 0 Å². The van der Waals surface area contributed by atoms with Gasteiger partial charge < -0.3 is 15.5 Å². The van der Waals surface area contributed by atoms with Crippen LogP contribution in [0.2, 0.25) is 0 Å². The van der Waals surface area contributed by atoms with E-state index in [1.54, 1.807) is 0 Å². The van der Waals surface area contributed by atoms with Crippen molar-refractivity contribution in [1.29, 1.82) is 0 Å². The second-order valence-electron chi connectivity index (χ2n) is 4.00. The predicted molar refractivity (Wildman–Crippen MR) is 68.3 cm³/mol. The van der Waals surface area contributed by atoms with E-state index in [4.69, 9.17) is 0 Å². The number of anilines is 2. The third kappa shape index (κ3) is 4.67. The zero-order valence-corrected chi connectivity index (χ0v) is 10.7. The maximum Gasteiger partial charge on any atom is 0.224 e. The van der Waals surface area contributed by atoms with Crippen molar-refractivity contribution in [2.24, 2.45) is 0 Å². The monoisotopic (exact) mass is 237 g/mol. The lowest BCUT2D eigenvalue weighted by Crippen LogP contribution is -2.26. The third-order valence-corrected chi connectivity index (χ3v) is 2.08. The van der Waals surface area contributed by atoms with Crippen LogP contribution in [0.1, 0.15) is 12.6 Å². The molecule has 17 heavy (non-hydrogen) atoms. The maximum absolute atomic E-state index is 10.7. The van der Waals surface area contributed by atoms with Gasteiger partial charge in [-0.2, -0.15) is 4.98 Å². The molecular weight excluding hydrogens is 218 g/mol. The van der Waals surface area contributed by atoms with E-state index in [1.807, 2.05) is 32.0 Å². The Balaban J connectivity index is 2.55. The smallest absolute Gasteiger partial charge is 0.224 e. The molecule has 6 nitrogen and oxygen atoms in total. The Hall–Kier alpha value is -1.85. The Labute approximate surface area is 101 Å². The van der Waals surface area contributed by atoms with Crippen molar-refractivity contribution in [1.82, 2.24) is 15.3 Å². The van der Waals surface area contributed by atoms with Gasteiger partial charge in [0.15, 0.2) is 0 Å². The number of aryl methyl sites for hydroxylation is 1. The van der Waals surface area contributed by atoms with Crippen molar-refractivity contribution >= 4 is 17.7 Å². The van der Waals surface area contributed by atoms with E-state index in [2.05, 4.69) is 20.6 Å². The first-order valence-corrected chi connectivity index (χ1v) is 5.50. The third-order valence-electron chi connectivity index (χ3n) is 2.08. The second-order valence-corrected chi connectivity index (χ2v) is 4.00. The van der Waals surface area contributed by atoms with Crippen LogP contribution in [0.15, 0.2) is 6.07 Å². The normalized spacial score (nSPS) is 9.88. The molecule has 1 amide bonds. The van der Waals surface area contributed by atoms with E-state index in [0.717, 1.165) is 11.5 Å². The topological polar surface area (TPSA) is 70.2 Å². The van der Waals surface area contributed by atoms with Crippen LogP contribution in [0.5, 0.6) is 0 Å². The summed E-state index contributed by atoms with van der Waals surface area (Å²) in [6.45, 7) is 4.58. The van der Waals surface area contributed by atoms with Gasteiger partial charge in [-0.05, 0) is 6.92 Å². The molecule has 0 aliphatic heterocycles. The van der Waals surface area contributed by atoms with E-state index in [9.17, 15) is 4.79 Å². The number of aromatic nitrogens is 2. The number of nitrogens with one attached hydrogen (secondary N) is 2. The molecule has 0 spiro atoms. The van der Waals surface area contributed by atoms with Gasteiger partial charge in [-0.15, -0.1) is 0 Å². The molecule has 0 saturated heterocycles. The highest BCUT2D eigenvalue weighted by atomic mass is 16.1. The van der Waals surface area contributed by atoms with Gasteiger partial charge >= 0.3 is 0 Å². The summed E-state index contributed by atoms with van der Waals surface area (Å²) < 4.78 is 0. The molecule has 0 aromatic carbocycles. The van der Waals surface area contributed by atoms with Gasteiger partial charge in [-0.3, -0.25) is 4.79 Å². The molecule has 1 aromatic rings. The number of carbonyl (C=O) groups is 1. The fourth-order valence-electron chi connectivity index (χ4n) is 1.27. The Kier molecular flexibility index (Phi) is 4.68. The first kappa shape index (κ1) is 13.2. The van der Waals surface area contributed by atoms with Crippen LogP contribution in [-0.4, -0.2) is 43.1 Å². The summed E-state index contributed by atoms with van der Waals surface area (Å²) in [4.78, 5) is 21.2. The summed E-state index contributed by atoms with van der Waals surface area (Å²) in [5.74, 6) is 1.41. The zero-order chi connectivity index (χ0) is 12.8. The van der Waals surface area contributed by atoms with Crippen LogP contribution < -0.4 is 15.5 Å². The molecular formula is C11H19N5O. The van der Waals surface area contributed by atoms with Gasteiger partial charge in [0.1, 0.15) is 5.82 Å². The van der Waals surface area contributed by atoms with E-state index in [0.29, 0.717) is 19.0 Å². The van der Waals surface area contributed by atoms with Crippen molar-refractivity contribution < 1.29 is 4.79 Å². The zero-order valence-electron chi connectivity index (χ0n) is 10.7. The van der Waals surface area contributed by atoms with Gasteiger partial charge in [0.2, 0.25) is 11.9 Å². The molecule has 1 heterocycles. The Morgan fingerprint density at radius 3 is 2.65 bits per heavy atom. The molecule has 0 unspecified atom stereocenters. The number of hydrogen-bond donors (Lipinski definition) is 2. The molecule has 0 bridgehead atoms. The van der Waals surface area contributed by atoms with E-state index >= 15 is 0 Å². The Morgan fingerprint density at radius 2 is 2.06 bits per heavy atom. The SMILES string of the molecule is CC(=O)NCCNc1nc(C)cc(N(C)C)n1. The fraction of sp³-hybridized carbons (Fsp3) is 0.545. The average Bonchev–Trinajstić information content (AvgIpc) is 2.23. The van der Waals surface area contributed by atoms with Crippen molar-refractivity contribution in [3.05, 3.63) is 11.8 Å². The molecule has 0 aliphatic carbocycles. The van der Waals surface area contributed by atoms with Gasteiger partial charge in [-0.1, -0.05) is 0 Å². The lowest BCUT2D eigenvalue weighted by Gasteiger charge is -2.13. The fourth-order valence-corrected chi connectivity index (χ4v) is 1.27. The quantitative estimate of drug-likeness (QED) is 0.725. The molecule has 94 valence electrons. The summed E-state index contributed by atoms with van der Waals surface area (Å²) in [6, 6.07) is 1.92. The van der Waals surface area contributed by atoms with Crippen molar-refractivity contribution in [2.45, 2.75) is 13.8 Å². The number of nitrogens with zero attached hydrogens (tertiary/aromatic N) is 3. The second kappa shape index (κ2) is 6.03. The summed E-state index contributed by atoms with van der Waals surface area (Å²) in [7, 11) is 3.87. The highest BCUT2D eigenvalue weighted by Gasteiger charge is 2.03. The maximum atomic E-state index is 10.7. The van der Waals surface area contributed by atoms with Crippen LogP contribution in [0.4, 0.5) is 11.8 Å². The number of rotatable bonds is 5. The number of carbonyl (C=O) groups excluding carboxylic acids is 1. The average molecular weight is 237 g/mol. The molecule has 2 N–H and O–H groups in total. The van der Waals surface area contributed by atoms with Crippen LogP contribution in [0.3, 0.4) is 0 Å². The minimum atomic E-state index is -0.0362. The first-order chi connectivity index (χ1) is 7.99. The van der Waals surface area contributed by atoms with Gasteiger partial charge in [-0.25, -0.2) is 4.98 Å². The van der Waals surface area contributed by atoms with Crippen LogP contribution in [-0.2, 0) is 4.79 Å². The largest absolute Gasteiger partial charge is 0.363 e.